The predicted octanol–water partition coefficient (Wildman–Crippen LogP) is 2.39. The maximum atomic E-state index is 13.0. The molecule has 0 saturated heterocycles. The molecule has 0 bridgehead atoms. The number of carbonyl (C=O) groups is 2. The minimum absolute atomic E-state index is 0.114. The van der Waals surface area contributed by atoms with E-state index in [9.17, 15) is 9.59 Å². The summed E-state index contributed by atoms with van der Waals surface area (Å²) >= 11 is 5.93. The van der Waals surface area contributed by atoms with Crippen molar-refractivity contribution in [2.24, 2.45) is 0 Å². The number of amides is 2. The maximum Gasteiger partial charge on any atom is 0.292 e. The first kappa shape index (κ1) is 17.3. The highest BCUT2D eigenvalue weighted by Gasteiger charge is 2.28. The standard InChI is InChI=1S/C18H17ClN6O2/c1-11(26)21-14-3-4-16-12(7-14)5-6-25(23(16)2)18(27)15-8-17-20-9-13(19)10-24(17)22-15/h3-4,7-10H,5-6H2,1-2H3,(H,21,26). The van der Waals surface area contributed by atoms with Gasteiger partial charge in [0.1, 0.15) is 0 Å². The summed E-state index contributed by atoms with van der Waals surface area (Å²) in [6.07, 6.45) is 3.80. The zero-order valence-corrected chi connectivity index (χ0v) is 15.6. The fourth-order valence-electron chi connectivity index (χ4n) is 3.22. The van der Waals surface area contributed by atoms with Crippen LogP contribution in [0.25, 0.3) is 5.65 Å². The first-order chi connectivity index (χ1) is 12.9. The minimum atomic E-state index is -0.212. The lowest BCUT2D eigenvalue weighted by atomic mass is 10.1. The molecule has 3 aromatic rings. The first-order valence-electron chi connectivity index (χ1n) is 8.39. The van der Waals surface area contributed by atoms with E-state index in [0.717, 1.165) is 16.9 Å². The van der Waals surface area contributed by atoms with E-state index in [0.29, 0.717) is 29.3 Å². The van der Waals surface area contributed by atoms with Crippen LogP contribution in [0, 0.1) is 0 Å². The second-order valence-electron chi connectivity index (χ2n) is 6.33. The number of hydrogen-bond acceptors (Lipinski definition) is 5. The number of aromatic nitrogens is 3. The summed E-state index contributed by atoms with van der Waals surface area (Å²) in [5.74, 6) is -0.327. The van der Waals surface area contributed by atoms with E-state index in [2.05, 4.69) is 15.4 Å². The van der Waals surface area contributed by atoms with Crippen molar-refractivity contribution in [2.45, 2.75) is 13.3 Å². The highest BCUT2D eigenvalue weighted by Crippen LogP contribution is 2.30. The van der Waals surface area contributed by atoms with Gasteiger partial charge in [0.05, 0.1) is 16.9 Å². The lowest BCUT2D eigenvalue weighted by Gasteiger charge is -2.38. The summed E-state index contributed by atoms with van der Waals surface area (Å²) in [5, 5.41) is 11.0. The van der Waals surface area contributed by atoms with Crippen molar-refractivity contribution in [2.75, 3.05) is 23.9 Å². The molecule has 3 heterocycles. The Balaban J connectivity index is 1.61. The first-order valence-corrected chi connectivity index (χ1v) is 8.77. The van der Waals surface area contributed by atoms with Crippen molar-refractivity contribution in [3.63, 3.8) is 0 Å². The summed E-state index contributed by atoms with van der Waals surface area (Å²) in [5.41, 5.74) is 3.58. The SMILES string of the molecule is CC(=O)Nc1ccc2c(c1)CCN(C(=O)c1cc3ncc(Cl)cn3n1)N2C. The number of rotatable bonds is 2. The lowest BCUT2D eigenvalue weighted by molar-refractivity contribution is -0.114. The third-order valence-corrected chi connectivity index (χ3v) is 4.63. The molecule has 1 aliphatic rings. The number of hydrogen-bond donors (Lipinski definition) is 1. The van der Waals surface area contributed by atoms with Crippen LogP contribution in [0.1, 0.15) is 23.0 Å². The van der Waals surface area contributed by atoms with Crippen LogP contribution in [-0.4, -0.2) is 45.0 Å². The Labute approximate surface area is 160 Å². The van der Waals surface area contributed by atoms with Crippen LogP contribution in [0.15, 0.2) is 36.7 Å². The fourth-order valence-corrected chi connectivity index (χ4v) is 3.36. The van der Waals surface area contributed by atoms with Crippen molar-refractivity contribution in [3.8, 4) is 0 Å². The molecular weight excluding hydrogens is 368 g/mol. The number of anilines is 2. The summed E-state index contributed by atoms with van der Waals surface area (Å²) in [4.78, 5) is 28.4. The van der Waals surface area contributed by atoms with Gasteiger partial charge < -0.3 is 5.32 Å². The van der Waals surface area contributed by atoms with Gasteiger partial charge in [0, 0.05) is 38.5 Å². The van der Waals surface area contributed by atoms with Gasteiger partial charge >= 0.3 is 0 Å². The molecule has 0 radical (unpaired) electrons. The van der Waals surface area contributed by atoms with Crippen molar-refractivity contribution < 1.29 is 9.59 Å². The Morgan fingerprint density at radius 3 is 2.85 bits per heavy atom. The van der Waals surface area contributed by atoms with Gasteiger partial charge in [-0.15, -0.1) is 0 Å². The number of benzene rings is 1. The van der Waals surface area contributed by atoms with Gasteiger partial charge in [0.15, 0.2) is 11.3 Å². The number of hydrazine groups is 1. The van der Waals surface area contributed by atoms with Crippen LogP contribution in [0.3, 0.4) is 0 Å². The molecule has 0 spiro atoms. The van der Waals surface area contributed by atoms with E-state index >= 15 is 0 Å². The Morgan fingerprint density at radius 1 is 1.26 bits per heavy atom. The zero-order chi connectivity index (χ0) is 19.1. The number of halogens is 1. The van der Waals surface area contributed by atoms with Crippen LogP contribution in [0.2, 0.25) is 5.02 Å². The highest BCUT2D eigenvalue weighted by molar-refractivity contribution is 6.30. The second kappa shape index (κ2) is 6.55. The number of fused-ring (bicyclic) bond motifs is 2. The summed E-state index contributed by atoms with van der Waals surface area (Å²) in [7, 11) is 1.83. The Morgan fingerprint density at radius 2 is 2.07 bits per heavy atom. The molecule has 1 aliphatic heterocycles. The van der Waals surface area contributed by atoms with Gasteiger partial charge in [-0.25, -0.2) is 14.5 Å². The van der Waals surface area contributed by atoms with Crippen LogP contribution in [0.4, 0.5) is 11.4 Å². The molecular formula is C18H17ClN6O2. The van der Waals surface area contributed by atoms with E-state index in [1.165, 1.54) is 17.6 Å². The summed E-state index contributed by atoms with van der Waals surface area (Å²) < 4.78 is 1.49. The van der Waals surface area contributed by atoms with Gasteiger partial charge in [-0.1, -0.05) is 11.6 Å². The fraction of sp³-hybridized carbons (Fsp3) is 0.222. The van der Waals surface area contributed by atoms with Gasteiger partial charge in [-0.05, 0) is 30.2 Å². The van der Waals surface area contributed by atoms with Gasteiger partial charge in [0.25, 0.3) is 5.91 Å². The quantitative estimate of drug-likeness (QED) is 0.733. The Hall–Kier alpha value is -3.13. The van der Waals surface area contributed by atoms with E-state index in [1.807, 2.05) is 30.3 Å². The largest absolute Gasteiger partial charge is 0.326 e. The normalized spacial score (nSPS) is 13.6. The number of nitrogens with zero attached hydrogens (tertiary/aromatic N) is 5. The third kappa shape index (κ3) is 3.19. The zero-order valence-electron chi connectivity index (χ0n) is 14.8. The van der Waals surface area contributed by atoms with Crippen LogP contribution >= 0.6 is 11.6 Å². The number of nitrogens with one attached hydrogen (secondary N) is 1. The molecule has 1 N–H and O–H groups in total. The number of carbonyl (C=O) groups excluding carboxylic acids is 2. The molecule has 9 heteroatoms. The van der Waals surface area contributed by atoms with Gasteiger partial charge in [-0.2, -0.15) is 5.10 Å². The molecule has 2 amide bonds. The maximum absolute atomic E-state index is 13.0. The molecule has 0 atom stereocenters. The van der Waals surface area contributed by atoms with Crippen molar-refractivity contribution in [1.82, 2.24) is 19.6 Å². The van der Waals surface area contributed by atoms with Crippen molar-refractivity contribution in [3.05, 3.63) is 52.9 Å². The molecule has 0 fully saturated rings. The molecule has 4 rings (SSSR count). The molecule has 2 aromatic heterocycles. The van der Waals surface area contributed by atoms with E-state index < -0.39 is 0 Å². The van der Waals surface area contributed by atoms with Gasteiger partial charge in [-0.3, -0.25) is 14.6 Å². The van der Waals surface area contributed by atoms with E-state index in [-0.39, 0.29) is 11.8 Å². The van der Waals surface area contributed by atoms with Crippen molar-refractivity contribution in [1.29, 1.82) is 0 Å². The van der Waals surface area contributed by atoms with Crippen molar-refractivity contribution >= 4 is 40.4 Å². The monoisotopic (exact) mass is 384 g/mol. The predicted molar refractivity (Wildman–Crippen MR) is 102 cm³/mol. The third-order valence-electron chi connectivity index (χ3n) is 4.44. The smallest absolute Gasteiger partial charge is 0.292 e. The molecule has 1 aromatic carbocycles. The lowest BCUT2D eigenvalue weighted by Crippen LogP contribution is -2.48. The Bertz CT molecular complexity index is 1060. The molecule has 8 nitrogen and oxygen atoms in total. The average Bonchev–Trinajstić information content (AvgIpc) is 3.04. The molecule has 138 valence electrons. The van der Waals surface area contributed by atoms with Crippen LogP contribution < -0.4 is 10.3 Å². The molecule has 0 aliphatic carbocycles. The topological polar surface area (TPSA) is 82.8 Å². The minimum Gasteiger partial charge on any atom is -0.326 e. The van der Waals surface area contributed by atoms with E-state index in [1.54, 1.807) is 17.3 Å². The molecule has 27 heavy (non-hydrogen) atoms. The molecule has 0 saturated carbocycles. The van der Waals surface area contributed by atoms with E-state index in [4.69, 9.17) is 11.6 Å². The molecule has 0 unspecified atom stereocenters. The Kier molecular flexibility index (Phi) is 4.19. The van der Waals surface area contributed by atoms with Gasteiger partial charge in [0.2, 0.25) is 5.91 Å². The second-order valence-corrected chi connectivity index (χ2v) is 6.77. The van der Waals surface area contributed by atoms with Crippen LogP contribution in [0.5, 0.6) is 0 Å². The average molecular weight is 385 g/mol. The highest BCUT2D eigenvalue weighted by atomic mass is 35.5. The van der Waals surface area contributed by atoms with Crippen LogP contribution in [-0.2, 0) is 11.2 Å². The summed E-state index contributed by atoms with van der Waals surface area (Å²) in [6.45, 7) is 1.98. The summed E-state index contributed by atoms with van der Waals surface area (Å²) in [6, 6.07) is 7.29.